The molecule has 0 aromatic heterocycles. The summed E-state index contributed by atoms with van der Waals surface area (Å²) in [5, 5.41) is 4.01. The third-order valence-corrected chi connectivity index (χ3v) is 4.42. The van der Waals surface area contributed by atoms with Gasteiger partial charge in [-0.1, -0.05) is 23.7 Å². The van der Waals surface area contributed by atoms with Crippen molar-refractivity contribution in [3.8, 4) is 0 Å². The Morgan fingerprint density at radius 1 is 1.33 bits per heavy atom. The fourth-order valence-electron chi connectivity index (χ4n) is 2.01. The summed E-state index contributed by atoms with van der Waals surface area (Å²) in [7, 11) is 1.38. The maximum Gasteiger partial charge on any atom is 0.338 e. The number of carbonyl (C=O) groups excluding carboxylic acids is 1. The van der Waals surface area contributed by atoms with Crippen LogP contribution in [0, 0.1) is 6.92 Å². The molecule has 0 aliphatic carbocycles. The molecule has 3 nitrogen and oxygen atoms in total. The van der Waals surface area contributed by atoms with Gasteiger partial charge < -0.3 is 10.1 Å². The van der Waals surface area contributed by atoms with Crippen molar-refractivity contribution < 1.29 is 9.53 Å². The van der Waals surface area contributed by atoms with Crippen molar-refractivity contribution in [1.29, 1.82) is 0 Å². The zero-order valence-corrected chi connectivity index (χ0v) is 14.1. The van der Waals surface area contributed by atoms with E-state index in [0.717, 1.165) is 21.3 Å². The van der Waals surface area contributed by atoms with E-state index in [0.29, 0.717) is 17.1 Å². The van der Waals surface area contributed by atoms with E-state index < -0.39 is 0 Å². The molecule has 0 aliphatic rings. The second kappa shape index (κ2) is 6.96. The zero-order valence-electron chi connectivity index (χ0n) is 11.7. The quantitative estimate of drug-likeness (QED) is 0.787. The number of hydrogen-bond acceptors (Lipinski definition) is 3. The lowest BCUT2D eigenvalue weighted by Gasteiger charge is -2.12. The largest absolute Gasteiger partial charge is 0.465 e. The van der Waals surface area contributed by atoms with Gasteiger partial charge in [0.1, 0.15) is 0 Å². The molecule has 0 saturated carbocycles. The first-order chi connectivity index (χ1) is 10.0. The summed E-state index contributed by atoms with van der Waals surface area (Å²) < 4.78 is 5.64. The van der Waals surface area contributed by atoms with Crippen molar-refractivity contribution in [2.75, 3.05) is 12.4 Å². The van der Waals surface area contributed by atoms with E-state index in [2.05, 4.69) is 21.2 Å². The summed E-state index contributed by atoms with van der Waals surface area (Å²) in [6, 6.07) is 11.3. The second-order valence-electron chi connectivity index (χ2n) is 4.57. The molecule has 0 aliphatic heterocycles. The molecule has 0 fully saturated rings. The predicted molar refractivity (Wildman–Crippen MR) is 89.0 cm³/mol. The van der Waals surface area contributed by atoms with Gasteiger partial charge in [0, 0.05) is 16.7 Å². The highest BCUT2D eigenvalue weighted by Crippen LogP contribution is 2.24. The number of rotatable bonds is 4. The van der Waals surface area contributed by atoms with Gasteiger partial charge in [-0.05, 0) is 58.2 Å². The van der Waals surface area contributed by atoms with Crippen molar-refractivity contribution >= 4 is 39.2 Å². The molecular formula is C16H15BrClNO2. The van der Waals surface area contributed by atoms with Crippen LogP contribution in [0.2, 0.25) is 5.02 Å². The average Bonchev–Trinajstić information content (AvgIpc) is 2.49. The van der Waals surface area contributed by atoms with Crippen molar-refractivity contribution in [2.45, 2.75) is 13.5 Å². The highest BCUT2D eigenvalue weighted by Gasteiger charge is 2.11. The molecule has 0 spiro atoms. The summed E-state index contributed by atoms with van der Waals surface area (Å²) in [5.41, 5.74) is 3.44. The Balaban J connectivity index is 2.16. The first kappa shape index (κ1) is 15.9. The summed E-state index contributed by atoms with van der Waals surface area (Å²) in [4.78, 5) is 11.7. The summed E-state index contributed by atoms with van der Waals surface area (Å²) >= 11 is 9.38. The topological polar surface area (TPSA) is 38.3 Å². The SMILES string of the molecule is COC(=O)c1cccc(NCc2ccc(Cl)c(Br)c2)c1C. The lowest BCUT2D eigenvalue weighted by Crippen LogP contribution is -2.07. The molecule has 0 unspecified atom stereocenters. The van der Waals surface area contributed by atoms with Crippen LogP contribution in [0.25, 0.3) is 0 Å². The Labute approximate surface area is 137 Å². The lowest BCUT2D eigenvalue weighted by molar-refractivity contribution is 0.0600. The van der Waals surface area contributed by atoms with E-state index in [9.17, 15) is 4.79 Å². The van der Waals surface area contributed by atoms with Crippen molar-refractivity contribution in [3.05, 3.63) is 62.6 Å². The second-order valence-corrected chi connectivity index (χ2v) is 5.83. The van der Waals surface area contributed by atoms with Gasteiger partial charge in [0.2, 0.25) is 0 Å². The molecule has 1 N–H and O–H groups in total. The summed E-state index contributed by atoms with van der Waals surface area (Å²) in [5.74, 6) is -0.328. The molecule has 2 aromatic carbocycles. The summed E-state index contributed by atoms with van der Waals surface area (Å²) in [6.45, 7) is 2.54. The van der Waals surface area contributed by atoms with E-state index in [1.165, 1.54) is 7.11 Å². The first-order valence-electron chi connectivity index (χ1n) is 6.38. The van der Waals surface area contributed by atoms with Gasteiger partial charge in [0.05, 0.1) is 17.7 Å². The molecular weight excluding hydrogens is 354 g/mol. The number of halogens is 2. The molecule has 2 aromatic rings. The van der Waals surface area contributed by atoms with Crippen LogP contribution in [0.4, 0.5) is 5.69 Å². The van der Waals surface area contributed by atoms with Gasteiger partial charge in [-0.25, -0.2) is 4.79 Å². The molecule has 5 heteroatoms. The van der Waals surface area contributed by atoms with Crippen molar-refractivity contribution in [2.24, 2.45) is 0 Å². The Kier molecular flexibility index (Phi) is 5.26. The molecule has 0 bridgehead atoms. The maximum atomic E-state index is 11.7. The number of esters is 1. The molecule has 0 heterocycles. The van der Waals surface area contributed by atoms with Crippen LogP contribution < -0.4 is 5.32 Å². The number of nitrogens with one attached hydrogen (secondary N) is 1. The van der Waals surface area contributed by atoms with E-state index >= 15 is 0 Å². The van der Waals surface area contributed by atoms with Gasteiger partial charge in [-0.15, -0.1) is 0 Å². The van der Waals surface area contributed by atoms with Crippen molar-refractivity contribution in [3.63, 3.8) is 0 Å². The van der Waals surface area contributed by atoms with Gasteiger partial charge in [-0.3, -0.25) is 0 Å². The lowest BCUT2D eigenvalue weighted by atomic mass is 10.1. The Morgan fingerprint density at radius 2 is 2.10 bits per heavy atom. The molecule has 110 valence electrons. The number of hydrogen-bond donors (Lipinski definition) is 1. The van der Waals surface area contributed by atoms with E-state index in [1.54, 1.807) is 6.07 Å². The van der Waals surface area contributed by atoms with Crippen LogP contribution in [0.15, 0.2) is 40.9 Å². The summed E-state index contributed by atoms with van der Waals surface area (Å²) in [6.07, 6.45) is 0. The number of carbonyl (C=O) groups is 1. The van der Waals surface area contributed by atoms with Gasteiger partial charge in [0.25, 0.3) is 0 Å². The van der Waals surface area contributed by atoms with E-state index in [4.69, 9.17) is 16.3 Å². The predicted octanol–water partition coefficient (Wildman–Crippen LogP) is 4.81. The van der Waals surface area contributed by atoms with E-state index in [-0.39, 0.29) is 5.97 Å². The third kappa shape index (κ3) is 3.77. The first-order valence-corrected chi connectivity index (χ1v) is 7.55. The van der Waals surface area contributed by atoms with Gasteiger partial charge in [0.15, 0.2) is 0 Å². The normalized spacial score (nSPS) is 10.3. The minimum atomic E-state index is -0.328. The Hall–Kier alpha value is -1.52. The smallest absolute Gasteiger partial charge is 0.338 e. The maximum absolute atomic E-state index is 11.7. The van der Waals surface area contributed by atoms with Gasteiger partial charge >= 0.3 is 5.97 Å². The third-order valence-electron chi connectivity index (χ3n) is 3.21. The highest BCUT2D eigenvalue weighted by molar-refractivity contribution is 9.10. The fraction of sp³-hybridized carbons (Fsp3) is 0.188. The monoisotopic (exact) mass is 367 g/mol. The van der Waals surface area contributed by atoms with E-state index in [1.807, 2.05) is 37.3 Å². The number of benzene rings is 2. The molecule has 0 amide bonds. The molecule has 0 atom stereocenters. The number of methoxy groups -OCH3 is 1. The van der Waals surface area contributed by atoms with Crippen LogP contribution >= 0.6 is 27.5 Å². The standard InChI is InChI=1S/C16H15BrClNO2/c1-10-12(16(20)21-2)4-3-5-15(10)19-9-11-6-7-14(18)13(17)8-11/h3-8,19H,9H2,1-2H3. The van der Waals surface area contributed by atoms with Crippen molar-refractivity contribution in [1.82, 2.24) is 0 Å². The Morgan fingerprint density at radius 3 is 2.76 bits per heavy atom. The Bertz CT molecular complexity index is 673. The molecule has 0 saturated heterocycles. The van der Waals surface area contributed by atoms with Crippen LogP contribution in [0.3, 0.4) is 0 Å². The van der Waals surface area contributed by atoms with Gasteiger partial charge in [-0.2, -0.15) is 0 Å². The average molecular weight is 369 g/mol. The minimum Gasteiger partial charge on any atom is -0.465 e. The molecule has 21 heavy (non-hydrogen) atoms. The molecule has 2 rings (SSSR count). The minimum absolute atomic E-state index is 0.328. The fourth-order valence-corrected chi connectivity index (χ4v) is 2.55. The van der Waals surface area contributed by atoms with Crippen LogP contribution in [-0.2, 0) is 11.3 Å². The van der Waals surface area contributed by atoms with Crippen LogP contribution in [-0.4, -0.2) is 13.1 Å². The zero-order chi connectivity index (χ0) is 15.4. The van der Waals surface area contributed by atoms with Crippen LogP contribution in [0.1, 0.15) is 21.5 Å². The highest BCUT2D eigenvalue weighted by atomic mass is 79.9. The number of anilines is 1. The molecule has 0 radical (unpaired) electrons. The number of ether oxygens (including phenoxy) is 1. The van der Waals surface area contributed by atoms with Crippen LogP contribution in [0.5, 0.6) is 0 Å².